The number of nitrogens with zero attached hydrogens (tertiary/aromatic N) is 1. The highest BCUT2D eigenvalue weighted by Crippen LogP contribution is 2.36. The number of benzene rings is 1. The number of hydrogen-bond donors (Lipinski definition) is 2. The molecule has 5 heteroatoms. The first kappa shape index (κ1) is 14.1. The Morgan fingerprint density at radius 2 is 2.05 bits per heavy atom. The van der Waals surface area contributed by atoms with Gasteiger partial charge in [0.1, 0.15) is 0 Å². The zero-order valence-electron chi connectivity index (χ0n) is 12.1. The maximum Gasteiger partial charge on any atom is 0.311 e. The Kier molecular flexibility index (Phi) is 3.68. The van der Waals surface area contributed by atoms with Crippen molar-refractivity contribution in [2.75, 3.05) is 24.5 Å². The van der Waals surface area contributed by atoms with Gasteiger partial charge in [0.25, 0.3) is 0 Å². The quantitative estimate of drug-likeness (QED) is 0.864. The molecule has 0 aliphatic carbocycles. The monoisotopic (exact) mass is 288 g/mol. The molecule has 1 aromatic rings. The second-order valence-corrected chi connectivity index (χ2v) is 5.97. The van der Waals surface area contributed by atoms with Crippen LogP contribution in [-0.4, -0.2) is 36.6 Å². The minimum atomic E-state index is -0.814. The van der Waals surface area contributed by atoms with Gasteiger partial charge in [-0.05, 0) is 30.5 Å². The Bertz CT molecular complexity index is 572. The van der Waals surface area contributed by atoms with Crippen molar-refractivity contribution in [3.63, 3.8) is 0 Å². The van der Waals surface area contributed by atoms with Crippen molar-refractivity contribution in [1.82, 2.24) is 5.32 Å². The van der Waals surface area contributed by atoms with Crippen LogP contribution >= 0.6 is 0 Å². The number of amides is 1. The predicted molar refractivity (Wildman–Crippen MR) is 79.3 cm³/mol. The SMILES string of the molecule is C[C@@H]1CNC[C@H]1C(=O)N1CCC(C(=O)O)c2ccccc21. The number of carboxylic acids is 1. The molecule has 1 fully saturated rings. The summed E-state index contributed by atoms with van der Waals surface area (Å²) >= 11 is 0. The topological polar surface area (TPSA) is 69.6 Å². The molecule has 2 aliphatic heterocycles. The third-order valence-electron chi connectivity index (χ3n) is 4.64. The van der Waals surface area contributed by atoms with Crippen molar-refractivity contribution >= 4 is 17.6 Å². The molecule has 2 N–H and O–H groups in total. The Morgan fingerprint density at radius 3 is 2.71 bits per heavy atom. The average molecular weight is 288 g/mol. The van der Waals surface area contributed by atoms with E-state index in [-0.39, 0.29) is 11.8 Å². The summed E-state index contributed by atoms with van der Waals surface area (Å²) < 4.78 is 0. The summed E-state index contributed by atoms with van der Waals surface area (Å²) in [6.07, 6.45) is 0.479. The van der Waals surface area contributed by atoms with Crippen LogP contribution in [0.5, 0.6) is 0 Å². The standard InChI is InChI=1S/C16H20N2O3/c1-10-8-17-9-13(10)15(19)18-7-6-12(16(20)21)11-4-2-3-5-14(11)18/h2-5,10,12-13,17H,6-9H2,1H3,(H,20,21)/t10-,12?,13-/m1/s1. The van der Waals surface area contributed by atoms with Crippen LogP contribution in [-0.2, 0) is 9.59 Å². The Morgan fingerprint density at radius 1 is 1.29 bits per heavy atom. The molecule has 0 bridgehead atoms. The zero-order chi connectivity index (χ0) is 15.0. The molecule has 2 aliphatic rings. The normalized spacial score (nSPS) is 28.2. The molecule has 3 rings (SSSR count). The third-order valence-corrected chi connectivity index (χ3v) is 4.64. The van der Waals surface area contributed by atoms with E-state index in [2.05, 4.69) is 12.2 Å². The molecule has 0 radical (unpaired) electrons. The minimum Gasteiger partial charge on any atom is -0.481 e. The smallest absolute Gasteiger partial charge is 0.311 e. The Hall–Kier alpha value is -1.88. The van der Waals surface area contributed by atoms with E-state index in [4.69, 9.17) is 0 Å². The second-order valence-electron chi connectivity index (χ2n) is 5.97. The van der Waals surface area contributed by atoms with E-state index in [0.717, 1.165) is 17.8 Å². The average Bonchev–Trinajstić information content (AvgIpc) is 2.91. The van der Waals surface area contributed by atoms with Gasteiger partial charge in [-0.15, -0.1) is 0 Å². The molecule has 21 heavy (non-hydrogen) atoms. The molecule has 0 spiro atoms. The lowest BCUT2D eigenvalue weighted by Gasteiger charge is -2.34. The molecule has 0 aromatic heterocycles. The van der Waals surface area contributed by atoms with Crippen LogP contribution in [0.4, 0.5) is 5.69 Å². The van der Waals surface area contributed by atoms with Gasteiger partial charge in [-0.3, -0.25) is 9.59 Å². The van der Waals surface area contributed by atoms with Gasteiger partial charge in [0.2, 0.25) is 5.91 Å². The highest BCUT2D eigenvalue weighted by atomic mass is 16.4. The van der Waals surface area contributed by atoms with Crippen LogP contribution in [0.2, 0.25) is 0 Å². The molecular formula is C16H20N2O3. The maximum absolute atomic E-state index is 12.8. The number of rotatable bonds is 2. The first-order valence-electron chi connectivity index (χ1n) is 7.43. The van der Waals surface area contributed by atoms with E-state index in [0.29, 0.717) is 25.4 Å². The Labute approximate surface area is 123 Å². The number of para-hydroxylation sites is 1. The second kappa shape index (κ2) is 5.48. The molecule has 3 atom stereocenters. The number of aliphatic carboxylic acids is 1. The van der Waals surface area contributed by atoms with Gasteiger partial charge < -0.3 is 15.3 Å². The predicted octanol–water partition coefficient (Wildman–Crippen LogP) is 1.45. The van der Waals surface area contributed by atoms with Crippen LogP contribution in [0.25, 0.3) is 0 Å². The maximum atomic E-state index is 12.8. The first-order chi connectivity index (χ1) is 10.1. The van der Waals surface area contributed by atoms with E-state index < -0.39 is 11.9 Å². The van der Waals surface area contributed by atoms with Gasteiger partial charge in [0.15, 0.2) is 0 Å². The van der Waals surface area contributed by atoms with Crippen molar-refractivity contribution in [2.24, 2.45) is 11.8 Å². The summed E-state index contributed by atoms with van der Waals surface area (Å²) in [4.78, 5) is 26.0. The molecule has 0 saturated carbocycles. The van der Waals surface area contributed by atoms with Gasteiger partial charge in [-0.2, -0.15) is 0 Å². The van der Waals surface area contributed by atoms with Crippen LogP contribution in [0, 0.1) is 11.8 Å². The lowest BCUT2D eigenvalue weighted by Crippen LogP contribution is -2.43. The number of carboxylic acid groups (broad SMARTS) is 1. The van der Waals surface area contributed by atoms with Gasteiger partial charge >= 0.3 is 5.97 Å². The molecule has 1 aromatic carbocycles. The van der Waals surface area contributed by atoms with Crippen molar-refractivity contribution < 1.29 is 14.7 Å². The van der Waals surface area contributed by atoms with Crippen molar-refractivity contribution in [3.05, 3.63) is 29.8 Å². The van der Waals surface area contributed by atoms with Crippen molar-refractivity contribution in [2.45, 2.75) is 19.3 Å². The summed E-state index contributed by atoms with van der Waals surface area (Å²) in [5.41, 5.74) is 1.52. The number of nitrogens with one attached hydrogen (secondary N) is 1. The number of fused-ring (bicyclic) bond motifs is 1. The molecule has 112 valence electrons. The highest BCUT2D eigenvalue weighted by molar-refractivity contribution is 5.98. The summed E-state index contributed by atoms with van der Waals surface area (Å²) in [6, 6.07) is 7.38. The minimum absolute atomic E-state index is 0.0144. The fourth-order valence-electron chi connectivity index (χ4n) is 3.39. The van der Waals surface area contributed by atoms with Crippen molar-refractivity contribution in [1.29, 1.82) is 0 Å². The third kappa shape index (κ3) is 2.42. The van der Waals surface area contributed by atoms with Crippen molar-refractivity contribution in [3.8, 4) is 0 Å². The fourth-order valence-corrected chi connectivity index (χ4v) is 3.39. The molecule has 1 unspecified atom stereocenters. The van der Waals surface area contributed by atoms with E-state index in [1.807, 2.05) is 24.3 Å². The van der Waals surface area contributed by atoms with E-state index in [9.17, 15) is 14.7 Å². The lowest BCUT2D eigenvalue weighted by atomic mass is 9.88. The van der Waals surface area contributed by atoms with Gasteiger partial charge in [-0.25, -0.2) is 0 Å². The zero-order valence-corrected chi connectivity index (χ0v) is 12.1. The van der Waals surface area contributed by atoms with Crippen LogP contribution in [0.15, 0.2) is 24.3 Å². The van der Waals surface area contributed by atoms with Gasteiger partial charge in [-0.1, -0.05) is 25.1 Å². The molecule has 5 nitrogen and oxygen atoms in total. The molecular weight excluding hydrogens is 268 g/mol. The molecule has 1 saturated heterocycles. The number of carbonyl (C=O) groups is 2. The Balaban J connectivity index is 1.92. The van der Waals surface area contributed by atoms with Gasteiger partial charge in [0, 0.05) is 18.8 Å². The van der Waals surface area contributed by atoms with Crippen LogP contribution < -0.4 is 10.2 Å². The summed E-state index contributed by atoms with van der Waals surface area (Å²) in [6.45, 7) is 4.14. The van der Waals surface area contributed by atoms with Crippen LogP contribution in [0.3, 0.4) is 0 Å². The van der Waals surface area contributed by atoms with E-state index in [1.54, 1.807) is 4.90 Å². The van der Waals surface area contributed by atoms with Gasteiger partial charge in [0.05, 0.1) is 11.8 Å². The molecule has 2 heterocycles. The summed E-state index contributed by atoms with van der Waals surface area (Å²) in [5.74, 6) is -0.903. The first-order valence-corrected chi connectivity index (χ1v) is 7.43. The number of anilines is 1. The molecule has 1 amide bonds. The highest BCUT2D eigenvalue weighted by Gasteiger charge is 2.37. The number of carbonyl (C=O) groups excluding carboxylic acids is 1. The largest absolute Gasteiger partial charge is 0.481 e. The summed E-state index contributed by atoms with van der Waals surface area (Å²) in [5, 5.41) is 12.6. The fraction of sp³-hybridized carbons (Fsp3) is 0.500. The van der Waals surface area contributed by atoms with E-state index in [1.165, 1.54) is 0 Å². The lowest BCUT2D eigenvalue weighted by molar-refractivity contribution is -0.139. The van der Waals surface area contributed by atoms with E-state index >= 15 is 0 Å². The number of hydrogen-bond acceptors (Lipinski definition) is 3. The van der Waals surface area contributed by atoms with Crippen LogP contribution in [0.1, 0.15) is 24.8 Å². The summed E-state index contributed by atoms with van der Waals surface area (Å²) in [7, 11) is 0.